The van der Waals surface area contributed by atoms with E-state index >= 15 is 0 Å². The van der Waals surface area contributed by atoms with Crippen molar-refractivity contribution in [3.63, 3.8) is 0 Å². The van der Waals surface area contributed by atoms with Gasteiger partial charge in [0.2, 0.25) is 0 Å². The third kappa shape index (κ3) is 1.98. The van der Waals surface area contributed by atoms with Crippen molar-refractivity contribution in [1.82, 2.24) is 9.78 Å². The number of hydrogen-bond acceptors (Lipinski definition) is 3. The zero-order valence-electron chi connectivity index (χ0n) is 11.8. The second-order valence-corrected chi connectivity index (χ2v) is 5.38. The molecule has 0 radical (unpaired) electrons. The number of rotatable bonds is 2. The fourth-order valence-electron chi connectivity index (χ4n) is 2.94. The molecular formula is C17H13N3O2. The minimum absolute atomic E-state index is 0.0753. The minimum Gasteiger partial charge on any atom is -0.258 e. The summed E-state index contributed by atoms with van der Waals surface area (Å²) in [7, 11) is 0. The van der Waals surface area contributed by atoms with Crippen molar-refractivity contribution in [3.05, 3.63) is 76.0 Å². The van der Waals surface area contributed by atoms with Crippen molar-refractivity contribution in [2.75, 3.05) is 0 Å². The molecule has 0 amide bonds. The molecule has 0 saturated carbocycles. The van der Waals surface area contributed by atoms with Crippen LogP contribution in [0.2, 0.25) is 0 Å². The normalized spacial score (nSPS) is 12.5. The molecule has 22 heavy (non-hydrogen) atoms. The number of benzene rings is 2. The van der Waals surface area contributed by atoms with Gasteiger partial charge in [0.15, 0.2) is 0 Å². The Balaban J connectivity index is 1.82. The summed E-state index contributed by atoms with van der Waals surface area (Å²) in [6, 6.07) is 14.8. The van der Waals surface area contributed by atoms with Gasteiger partial charge in [-0.15, -0.1) is 0 Å². The molecule has 3 aromatic rings. The maximum absolute atomic E-state index is 10.9. The van der Waals surface area contributed by atoms with Crippen LogP contribution in [0.5, 0.6) is 0 Å². The van der Waals surface area contributed by atoms with Crippen molar-refractivity contribution >= 4 is 5.69 Å². The maximum atomic E-state index is 10.9. The predicted molar refractivity (Wildman–Crippen MR) is 83.1 cm³/mol. The largest absolute Gasteiger partial charge is 0.271 e. The van der Waals surface area contributed by atoms with Gasteiger partial charge in [0.25, 0.3) is 5.69 Å². The van der Waals surface area contributed by atoms with Crippen LogP contribution in [-0.4, -0.2) is 14.7 Å². The minimum atomic E-state index is -0.387. The van der Waals surface area contributed by atoms with Gasteiger partial charge >= 0.3 is 0 Å². The molecule has 0 atom stereocenters. The van der Waals surface area contributed by atoms with Crippen LogP contribution in [0.1, 0.15) is 11.1 Å². The Hall–Kier alpha value is -2.95. The van der Waals surface area contributed by atoms with Crippen LogP contribution in [0.4, 0.5) is 5.69 Å². The number of nitro groups is 1. The summed E-state index contributed by atoms with van der Waals surface area (Å²) in [5.74, 6) is 0. The zero-order valence-corrected chi connectivity index (χ0v) is 11.8. The van der Waals surface area contributed by atoms with Gasteiger partial charge < -0.3 is 0 Å². The molecule has 1 aliphatic rings. The van der Waals surface area contributed by atoms with Crippen molar-refractivity contribution < 1.29 is 4.92 Å². The lowest BCUT2D eigenvalue weighted by Crippen LogP contribution is -2.01. The molecule has 4 rings (SSSR count). The van der Waals surface area contributed by atoms with Crippen molar-refractivity contribution in [2.24, 2.45) is 0 Å². The highest BCUT2D eigenvalue weighted by Crippen LogP contribution is 2.32. The molecule has 0 spiro atoms. The summed E-state index contributed by atoms with van der Waals surface area (Å²) < 4.78 is 1.74. The van der Waals surface area contributed by atoms with Crippen LogP contribution in [0.3, 0.4) is 0 Å². The summed E-state index contributed by atoms with van der Waals surface area (Å²) in [6.45, 7) is 0. The van der Waals surface area contributed by atoms with E-state index in [-0.39, 0.29) is 10.6 Å². The Kier molecular flexibility index (Phi) is 2.79. The van der Waals surface area contributed by atoms with Gasteiger partial charge in [0.05, 0.1) is 16.3 Å². The average molecular weight is 291 g/mol. The fraction of sp³-hybridized carbons (Fsp3) is 0.118. The SMILES string of the molecule is O=[N+]([O-])c1cccc(-n2cc3c(n2)-c2ccccc2CC3)c1. The molecule has 5 nitrogen and oxygen atoms in total. The van der Waals surface area contributed by atoms with Crippen LogP contribution in [0.25, 0.3) is 16.9 Å². The third-order valence-electron chi connectivity index (χ3n) is 4.03. The Morgan fingerprint density at radius 3 is 2.73 bits per heavy atom. The average Bonchev–Trinajstić information content (AvgIpc) is 2.99. The van der Waals surface area contributed by atoms with Gasteiger partial charge in [-0.25, -0.2) is 4.68 Å². The molecule has 0 fully saturated rings. The molecule has 5 heteroatoms. The smallest absolute Gasteiger partial charge is 0.258 e. The Morgan fingerprint density at radius 1 is 1.05 bits per heavy atom. The standard InChI is InChI=1S/C17H13N3O2/c21-20(22)15-6-3-5-14(10-15)19-11-13-9-8-12-4-1-2-7-16(12)17(13)18-19/h1-7,10-11H,8-9H2. The first-order chi connectivity index (χ1) is 10.7. The van der Waals surface area contributed by atoms with E-state index in [1.165, 1.54) is 17.2 Å². The molecule has 2 aromatic carbocycles. The van der Waals surface area contributed by atoms with E-state index < -0.39 is 0 Å². The zero-order chi connectivity index (χ0) is 15.1. The van der Waals surface area contributed by atoms with Gasteiger partial charge in [-0.2, -0.15) is 5.10 Å². The van der Waals surface area contributed by atoms with Crippen LogP contribution >= 0.6 is 0 Å². The maximum Gasteiger partial charge on any atom is 0.271 e. The first-order valence-corrected chi connectivity index (χ1v) is 7.14. The van der Waals surface area contributed by atoms with Crippen LogP contribution in [0.15, 0.2) is 54.7 Å². The summed E-state index contributed by atoms with van der Waals surface area (Å²) in [6.07, 6.45) is 3.93. The topological polar surface area (TPSA) is 61.0 Å². The van der Waals surface area contributed by atoms with E-state index in [0.717, 1.165) is 24.1 Å². The molecule has 1 heterocycles. The van der Waals surface area contributed by atoms with E-state index in [9.17, 15) is 10.1 Å². The second-order valence-electron chi connectivity index (χ2n) is 5.38. The Labute approximate surface area is 127 Å². The quantitative estimate of drug-likeness (QED) is 0.536. The molecule has 0 aliphatic heterocycles. The number of aromatic nitrogens is 2. The number of fused-ring (bicyclic) bond motifs is 3. The molecule has 0 N–H and O–H groups in total. The number of nitrogens with zero attached hydrogens (tertiary/aromatic N) is 3. The van der Waals surface area contributed by atoms with Crippen LogP contribution in [0, 0.1) is 10.1 Å². The lowest BCUT2D eigenvalue weighted by Gasteiger charge is -2.13. The first-order valence-electron chi connectivity index (χ1n) is 7.14. The summed E-state index contributed by atoms with van der Waals surface area (Å²) in [5, 5.41) is 15.6. The first kappa shape index (κ1) is 12.8. The van der Waals surface area contributed by atoms with Gasteiger partial charge in [0.1, 0.15) is 0 Å². The van der Waals surface area contributed by atoms with E-state index in [0.29, 0.717) is 5.69 Å². The lowest BCUT2D eigenvalue weighted by molar-refractivity contribution is -0.384. The fourth-order valence-corrected chi connectivity index (χ4v) is 2.94. The second kappa shape index (κ2) is 4.80. The Bertz CT molecular complexity index is 883. The molecule has 0 bridgehead atoms. The van der Waals surface area contributed by atoms with Crippen molar-refractivity contribution in [3.8, 4) is 16.9 Å². The van der Waals surface area contributed by atoms with Crippen molar-refractivity contribution in [1.29, 1.82) is 0 Å². The van der Waals surface area contributed by atoms with E-state index in [4.69, 9.17) is 0 Å². The number of aryl methyl sites for hydroxylation is 2. The summed E-state index contributed by atoms with van der Waals surface area (Å²) >= 11 is 0. The lowest BCUT2D eigenvalue weighted by atomic mass is 9.91. The molecule has 1 aliphatic carbocycles. The van der Waals surface area contributed by atoms with Gasteiger partial charge in [-0.3, -0.25) is 10.1 Å². The number of nitro benzene ring substituents is 1. The predicted octanol–water partition coefficient (Wildman–Crippen LogP) is 3.55. The Morgan fingerprint density at radius 2 is 1.86 bits per heavy atom. The highest BCUT2D eigenvalue weighted by Gasteiger charge is 2.20. The van der Waals surface area contributed by atoms with Crippen LogP contribution in [-0.2, 0) is 12.8 Å². The molecular weight excluding hydrogens is 278 g/mol. The van der Waals surface area contributed by atoms with E-state index in [1.54, 1.807) is 16.8 Å². The van der Waals surface area contributed by atoms with Crippen molar-refractivity contribution in [2.45, 2.75) is 12.8 Å². The van der Waals surface area contributed by atoms with E-state index in [2.05, 4.69) is 17.2 Å². The molecule has 0 saturated heterocycles. The number of non-ortho nitro benzene ring substituents is 1. The van der Waals surface area contributed by atoms with Gasteiger partial charge in [-0.1, -0.05) is 30.3 Å². The van der Waals surface area contributed by atoms with E-state index in [1.807, 2.05) is 24.4 Å². The molecule has 0 unspecified atom stereocenters. The molecule has 1 aromatic heterocycles. The van der Waals surface area contributed by atoms with Crippen LogP contribution < -0.4 is 0 Å². The summed E-state index contributed by atoms with van der Waals surface area (Å²) in [4.78, 5) is 10.5. The van der Waals surface area contributed by atoms with Gasteiger partial charge in [0, 0.05) is 23.9 Å². The highest BCUT2D eigenvalue weighted by atomic mass is 16.6. The van der Waals surface area contributed by atoms with Gasteiger partial charge in [-0.05, 0) is 30.0 Å². The monoisotopic (exact) mass is 291 g/mol. The molecule has 108 valence electrons. The highest BCUT2D eigenvalue weighted by molar-refractivity contribution is 5.69. The number of hydrogen-bond donors (Lipinski definition) is 0. The third-order valence-corrected chi connectivity index (χ3v) is 4.03. The summed E-state index contributed by atoms with van der Waals surface area (Å²) in [5.41, 5.74) is 5.42.